The van der Waals surface area contributed by atoms with E-state index in [0.717, 1.165) is 12.0 Å². The van der Waals surface area contributed by atoms with Crippen LogP contribution in [0.15, 0.2) is 12.1 Å². The van der Waals surface area contributed by atoms with Crippen LogP contribution in [-0.4, -0.2) is 29.9 Å². The van der Waals surface area contributed by atoms with Gasteiger partial charge in [-0.15, -0.1) is 0 Å². The van der Waals surface area contributed by atoms with Crippen molar-refractivity contribution in [1.29, 1.82) is 0 Å². The van der Waals surface area contributed by atoms with Crippen LogP contribution in [0.3, 0.4) is 0 Å². The second-order valence-corrected chi connectivity index (χ2v) is 6.90. The minimum absolute atomic E-state index is 0.0526. The molecule has 6 nitrogen and oxygen atoms in total. The highest BCUT2D eigenvalue weighted by Crippen LogP contribution is 2.38. The maximum atomic E-state index is 11.4. The van der Waals surface area contributed by atoms with E-state index in [1.165, 1.54) is 6.07 Å². The van der Waals surface area contributed by atoms with Crippen molar-refractivity contribution in [3.05, 3.63) is 27.8 Å². The van der Waals surface area contributed by atoms with E-state index in [0.29, 0.717) is 12.1 Å². The second-order valence-electron chi connectivity index (χ2n) is 6.90. The molecule has 7 heteroatoms. The van der Waals surface area contributed by atoms with E-state index in [1.807, 2.05) is 47.6 Å². The fourth-order valence-corrected chi connectivity index (χ4v) is 2.42. The summed E-state index contributed by atoms with van der Waals surface area (Å²) in [6.07, 6.45) is 0.758. The van der Waals surface area contributed by atoms with E-state index in [4.69, 9.17) is 14.0 Å². The van der Waals surface area contributed by atoms with Gasteiger partial charge in [0.05, 0.1) is 22.7 Å². The van der Waals surface area contributed by atoms with Crippen LogP contribution in [0.25, 0.3) is 0 Å². The first kappa shape index (κ1) is 17.8. The average molecular weight is 321 g/mol. The Balaban J connectivity index is 2.51. The lowest BCUT2D eigenvalue weighted by molar-refractivity contribution is -0.385. The van der Waals surface area contributed by atoms with E-state index in [-0.39, 0.29) is 11.4 Å². The summed E-state index contributed by atoms with van der Waals surface area (Å²) < 4.78 is 17.8. The number of rotatable bonds is 5. The SMILES string of the molecule is CCCOc1c(B2OC(C)(C)C(C)(C)O2)cc(C)cc1[N+](=O)[O-]. The molecule has 0 unspecified atom stereocenters. The number of nitrogens with zero attached hydrogens (tertiary/aromatic N) is 1. The molecule has 1 saturated heterocycles. The molecule has 2 rings (SSSR count). The summed E-state index contributed by atoms with van der Waals surface area (Å²) in [6, 6.07) is 3.35. The summed E-state index contributed by atoms with van der Waals surface area (Å²) in [5, 5.41) is 11.4. The van der Waals surface area contributed by atoms with E-state index in [9.17, 15) is 10.1 Å². The zero-order valence-electron chi connectivity index (χ0n) is 14.6. The van der Waals surface area contributed by atoms with Crippen molar-refractivity contribution in [3.63, 3.8) is 0 Å². The van der Waals surface area contributed by atoms with Crippen LogP contribution >= 0.6 is 0 Å². The molecular weight excluding hydrogens is 297 g/mol. The van der Waals surface area contributed by atoms with E-state index < -0.39 is 23.2 Å². The number of hydrogen-bond acceptors (Lipinski definition) is 5. The largest absolute Gasteiger partial charge is 0.498 e. The average Bonchev–Trinajstić information content (AvgIpc) is 2.65. The molecule has 0 radical (unpaired) electrons. The summed E-state index contributed by atoms with van der Waals surface area (Å²) in [5.74, 6) is 0.237. The van der Waals surface area contributed by atoms with Gasteiger partial charge in [-0.2, -0.15) is 0 Å². The van der Waals surface area contributed by atoms with Gasteiger partial charge in [0, 0.05) is 11.5 Å². The summed E-state index contributed by atoms with van der Waals surface area (Å²) in [4.78, 5) is 11.0. The van der Waals surface area contributed by atoms with Crippen LogP contribution in [0.2, 0.25) is 0 Å². The third kappa shape index (κ3) is 3.35. The molecular formula is C16H24BNO5. The number of hydrogen-bond donors (Lipinski definition) is 0. The lowest BCUT2D eigenvalue weighted by Gasteiger charge is -2.32. The maximum absolute atomic E-state index is 11.4. The van der Waals surface area contributed by atoms with Crippen molar-refractivity contribution in [2.24, 2.45) is 0 Å². The van der Waals surface area contributed by atoms with Gasteiger partial charge in [-0.1, -0.05) is 13.0 Å². The van der Waals surface area contributed by atoms with Gasteiger partial charge in [0.1, 0.15) is 0 Å². The van der Waals surface area contributed by atoms with E-state index in [1.54, 1.807) is 0 Å². The van der Waals surface area contributed by atoms with Crippen molar-refractivity contribution in [1.82, 2.24) is 0 Å². The van der Waals surface area contributed by atoms with Gasteiger partial charge in [-0.05, 0) is 46.6 Å². The molecule has 1 aromatic carbocycles. The summed E-state index contributed by atoms with van der Waals surface area (Å²) in [7, 11) is -0.689. The number of aryl methyl sites for hydroxylation is 1. The van der Waals surface area contributed by atoms with Crippen LogP contribution in [0.4, 0.5) is 5.69 Å². The van der Waals surface area contributed by atoms with Gasteiger partial charge < -0.3 is 14.0 Å². The third-order valence-electron chi connectivity index (χ3n) is 4.40. The Morgan fingerprint density at radius 1 is 1.22 bits per heavy atom. The predicted octanol–water partition coefficient (Wildman–Crippen LogP) is 2.99. The summed E-state index contributed by atoms with van der Waals surface area (Å²) >= 11 is 0. The number of nitro groups is 1. The van der Waals surface area contributed by atoms with Crippen LogP contribution in [-0.2, 0) is 9.31 Å². The molecule has 0 spiro atoms. The van der Waals surface area contributed by atoms with Crippen LogP contribution < -0.4 is 10.2 Å². The Kier molecular flexibility index (Phi) is 4.73. The first-order valence-electron chi connectivity index (χ1n) is 7.86. The molecule has 0 atom stereocenters. The highest BCUT2D eigenvalue weighted by molar-refractivity contribution is 6.63. The first-order chi connectivity index (χ1) is 10.6. The molecule has 1 heterocycles. The first-order valence-corrected chi connectivity index (χ1v) is 7.86. The van der Waals surface area contributed by atoms with E-state index in [2.05, 4.69) is 0 Å². The van der Waals surface area contributed by atoms with Crippen molar-refractivity contribution >= 4 is 18.3 Å². The zero-order chi connectivity index (χ0) is 17.4. The van der Waals surface area contributed by atoms with Gasteiger partial charge in [0.15, 0.2) is 5.75 Å². The lowest BCUT2D eigenvalue weighted by atomic mass is 9.77. The quantitative estimate of drug-likeness (QED) is 0.474. The Morgan fingerprint density at radius 2 is 1.78 bits per heavy atom. The molecule has 1 aliphatic rings. The van der Waals surface area contributed by atoms with Crippen LogP contribution in [0, 0.1) is 17.0 Å². The second kappa shape index (κ2) is 6.13. The molecule has 126 valence electrons. The fraction of sp³-hybridized carbons (Fsp3) is 0.625. The number of benzene rings is 1. The molecule has 23 heavy (non-hydrogen) atoms. The number of ether oxygens (including phenoxy) is 1. The van der Waals surface area contributed by atoms with Gasteiger partial charge in [-0.25, -0.2) is 0 Å². The highest BCUT2D eigenvalue weighted by Gasteiger charge is 2.53. The molecule has 0 amide bonds. The fourth-order valence-electron chi connectivity index (χ4n) is 2.42. The van der Waals surface area contributed by atoms with Crippen LogP contribution in [0.5, 0.6) is 5.75 Å². The molecule has 0 aliphatic carbocycles. The topological polar surface area (TPSA) is 70.8 Å². The van der Waals surface area contributed by atoms with E-state index >= 15 is 0 Å². The van der Waals surface area contributed by atoms with Gasteiger partial charge in [0.25, 0.3) is 0 Å². The van der Waals surface area contributed by atoms with Crippen LogP contribution in [0.1, 0.15) is 46.6 Å². The predicted molar refractivity (Wildman–Crippen MR) is 89.3 cm³/mol. The Labute approximate surface area is 137 Å². The van der Waals surface area contributed by atoms with Gasteiger partial charge in [-0.3, -0.25) is 10.1 Å². The molecule has 1 fully saturated rings. The molecule has 1 aromatic rings. The zero-order valence-corrected chi connectivity index (χ0v) is 14.6. The Morgan fingerprint density at radius 3 is 2.26 bits per heavy atom. The van der Waals surface area contributed by atoms with Gasteiger partial charge in [0.2, 0.25) is 0 Å². The highest BCUT2D eigenvalue weighted by atomic mass is 16.7. The minimum atomic E-state index is -0.689. The molecule has 0 aromatic heterocycles. The van der Waals surface area contributed by atoms with Crippen molar-refractivity contribution in [3.8, 4) is 5.75 Å². The Bertz CT molecular complexity index is 599. The molecule has 1 aliphatic heterocycles. The number of nitro benzene ring substituents is 1. The minimum Gasteiger partial charge on any atom is -0.487 e. The van der Waals surface area contributed by atoms with Crippen molar-refractivity contribution in [2.75, 3.05) is 6.61 Å². The molecule has 0 N–H and O–H groups in total. The maximum Gasteiger partial charge on any atom is 0.498 e. The normalized spacial score (nSPS) is 19.0. The van der Waals surface area contributed by atoms with Crippen molar-refractivity contribution < 1.29 is 19.0 Å². The standard InChI is InChI=1S/C16H24BNO5/c1-7-8-21-14-12(9-11(2)10-13(14)18(19)20)17-22-15(3,4)16(5,6)23-17/h9-10H,7-8H2,1-6H3. The van der Waals surface area contributed by atoms with Crippen molar-refractivity contribution in [2.45, 2.75) is 59.2 Å². The lowest BCUT2D eigenvalue weighted by Crippen LogP contribution is -2.41. The Hall–Kier alpha value is -1.60. The molecule has 0 bridgehead atoms. The van der Waals surface area contributed by atoms with Gasteiger partial charge >= 0.3 is 12.8 Å². The molecule has 0 saturated carbocycles. The third-order valence-corrected chi connectivity index (χ3v) is 4.40. The monoisotopic (exact) mass is 321 g/mol. The smallest absolute Gasteiger partial charge is 0.487 e. The summed E-state index contributed by atoms with van der Waals surface area (Å²) in [6.45, 7) is 12.0. The summed E-state index contributed by atoms with van der Waals surface area (Å²) in [5.41, 5.74) is 0.258.